The van der Waals surface area contributed by atoms with Crippen molar-refractivity contribution in [1.29, 1.82) is 0 Å². The Morgan fingerprint density at radius 1 is 1.09 bits per heavy atom. The number of fused-ring (bicyclic) bond motifs is 2. The lowest BCUT2D eigenvalue weighted by atomic mass is 9.81. The SMILES string of the molecule is O=C(Nc1cc(F)c(F)c(F)c1)c1ccc(Cl)c(S(=O)(=O)[C@H]2C3CCC2C[C@H](/C=N/O)C3)c1. The van der Waals surface area contributed by atoms with Crippen LogP contribution in [0.1, 0.15) is 36.0 Å². The largest absolute Gasteiger partial charge is 0.411 e. The van der Waals surface area contributed by atoms with Crippen LogP contribution in [0.5, 0.6) is 0 Å². The molecular weight excluding hydrogens is 481 g/mol. The topological polar surface area (TPSA) is 95.8 Å². The van der Waals surface area contributed by atoms with Crippen LogP contribution >= 0.6 is 11.6 Å². The Bertz CT molecular complexity index is 1200. The zero-order valence-electron chi connectivity index (χ0n) is 17.1. The fourth-order valence-corrected chi connectivity index (χ4v) is 7.95. The third kappa shape index (κ3) is 4.46. The van der Waals surface area contributed by atoms with E-state index in [9.17, 15) is 26.4 Å². The maximum Gasteiger partial charge on any atom is 0.255 e. The molecule has 2 N–H and O–H groups in total. The van der Waals surface area contributed by atoms with Crippen LogP contribution in [0.3, 0.4) is 0 Å². The van der Waals surface area contributed by atoms with Crippen LogP contribution < -0.4 is 5.32 Å². The first-order valence-electron chi connectivity index (χ1n) is 10.3. The molecule has 2 aromatic carbocycles. The summed E-state index contributed by atoms with van der Waals surface area (Å²) in [5, 5.41) is 13.4. The molecule has 176 valence electrons. The van der Waals surface area contributed by atoms with Gasteiger partial charge in [-0.25, -0.2) is 21.6 Å². The molecule has 0 aromatic heterocycles. The number of nitrogens with one attached hydrogen (secondary N) is 1. The van der Waals surface area contributed by atoms with Crippen molar-refractivity contribution in [3.63, 3.8) is 0 Å². The highest BCUT2D eigenvalue weighted by molar-refractivity contribution is 7.92. The van der Waals surface area contributed by atoms with Gasteiger partial charge in [-0.2, -0.15) is 0 Å². The van der Waals surface area contributed by atoms with Crippen molar-refractivity contribution in [2.45, 2.75) is 35.8 Å². The van der Waals surface area contributed by atoms with Crippen LogP contribution in [0.15, 0.2) is 40.4 Å². The predicted octanol–water partition coefficient (Wildman–Crippen LogP) is 5.05. The molecule has 4 rings (SSSR count). The summed E-state index contributed by atoms with van der Waals surface area (Å²) < 4.78 is 67.1. The third-order valence-electron chi connectivity index (χ3n) is 6.43. The minimum absolute atomic E-state index is 0.00281. The lowest BCUT2D eigenvalue weighted by Gasteiger charge is -2.33. The number of anilines is 1. The number of carbonyl (C=O) groups excluding carboxylic acids is 1. The van der Waals surface area contributed by atoms with Crippen molar-refractivity contribution in [2.75, 3.05) is 5.32 Å². The van der Waals surface area contributed by atoms with Gasteiger partial charge in [0.25, 0.3) is 5.91 Å². The molecule has 2 aliphatic rings. The lowest BCUT2D eigenvalue weighted by Crippen LogP contribution is -2.38. The first-order valence-corrected chi connectivity index (χ1v) is 12.2. The number of sulfone groups is 1. The molecule has 2 bridgehead atoms. The van der Waals surface area contributed by atoms with Crippen molar-refractivity contribution < 1.29 is 31.6 Å². The molecule has 2 atom stereocenters. The van der Waals surface area contributed by atoms with Gasteiger partial charge in [-0.3, -0.25) is 4.79 Å². The van der Waals surface area contributed by atoms with Crippen LogP contribution in [0, 0.1) is 35.2 Å². The van der Waals surface area contributed by atoms with Gasteiger partial charge in [-0.05, 0) is 61.6 Å². The van der Waals surface area contributed by atoms with Crippen molar-refractivity contribution in [3.8, 4) is 0 Å². The molecule has 33 heavy (non-hydrogen) atoms. The van der Waals surface area contributed by atoms with E-state index in [1.165, 1.54) is 18.3 Å². The average Bonchev–Trinajstić information content (AvgIpc) is 3.04. The molecule has 1 amide bonds. The van der Waals surface area contributed by atoms with Gasteiger partial charge in [0.1, 0.15) is 0 Å². The van der Waals surface area contributed by atoms with Gasteiger partial charge in [0.2, 0.25) is 0 Å². The summed E-state index contributed by atoms with van der Waals surface area (Å²) in [5.74, 6) is -5.69. The van der Waals surface area contributed by atoms with Gasteiger partial charge >= 0.3 is 0 Å². The second kappa shape index (κ2) is 8.98. The van der Waals surface area contributed by atoms with E-state index < -0.39 is 38.4 Å². The van der Waals surface area contributed by atoms with Gasteiger partial charge in [0.05, 0.1) is 15.2 Å². The lowest BCUT2D eigenvalue weighted by molar-refractivity contribution is 0.102. The number of hydrogen-bond acceptors (Lipinski definition) is 5. The van der Waals surface area contributed by atoms with Crippen molar-refractivity contribution in [2.24, 2.45) is 22.9 Å². The fraction of sp³-hybridized carbons (Fsp3) is 0.364. The number of amides is 1. The van der Waals surface area contributed by atoms with E-state index >= 15 is 0 Å². The third-order valence-corrected chi connectivity index (χ3v) is 9.30. The summed E-state index contributed by atoms with van der Waals surface area (Å²) in [7, 11) is -3.90. The smallest absolute Gasteiger partial charge is 0.255 e. The van der Waals surface area contributed by atoms with E-state index in [0.717, 1.165) is 18.9 Å². The highest BCUT2D eigenvalue weighted by Gasteiger charge is 2.49. The first kappa shape index (κ1) is 23.6. The first-order chi connectivity index (χ1) is 15.6. The van der Waals surface area contributed by atoms with Gasteiger partial charge in [0, 0.05) is 29.6 Å². The zero-order chi connectivity index (χ0) is 23.9. The standard InChI is InChI=1S/C22H20ClF3N2O4S/c23-16-4-3-14(22(29)28-15-8-17(24)20(26)18(25)9-15)7-19(16)33(31,32)21-12-1-2-13(21)6-11(5-12)10-27-30/h3-4,7-13,21,30H,1-2,5-6H2,(H,28,29)/b27-10+/t11-,12?,13?,21+. The number of halogens is 4. The molecule has 2 saturated carbocycles. The zero-order valence-corrected chi connectivity index (χ0v) is 18.7. The van der Waals surface area contributed by atoms with Gasteiger partial charge in [-0.1, -0.05) is 11.6 Å². The number of oxime groups is 1. The molecule has 6 nitrogen and oxygen atoms in total. The highest BCUT2D eigenvalue weighted by Crippen LogP contribution is 2.49. The van der Waals surface area contributed by atoms with E-state index in [1.807, 2.05) is 0 Å². The summed E-state index contributed by atoms with van der Waals surface area (Å²) in [6.45, 7) is 0. The minimum atomic E-state index is -3.90. The molecule has 2 fully saturated rings. The van der Waals surface area contributed by atoms with E-state index in [4.69, 9.17) is 16.8 Å². The number of hydrogen-bond donors (Lipinski definition) is 2. The van der Waals surface area contributed by atoms with Gasteiger partial charge in [-0.15, -0.1) is 5.16 Å². The number of rotatable bonds is 5. The molecule has 2 aromatic rings. The molecule has 0 saturated heterocycles. The molecule has 2 aliphatic carbocycles. The average molecular weight is 501 g/mol. The van der Waals surface area contributed by atoms with Crippen LogP contribution in [0.4, 0.5) is 18.9 Å². The summed E-state index contributed by atoms with van der Waals surface area (Å²) in [4.78, 5) is 12.4. The quantitative estimate of drug-likeness (QED) is 0.260. The molecule has 0 radical (unpaired) electrons. The number of nitrogens with zero attached hydrogens (tertiary/aromatic N) is 1. The Morgan fingerprint density at radius 2 is 1.70 bits per heavy atom. The predicted molar refractivity (Wildman–Crippen MR) is 116 cm³/mol. The van der Waals surface area contributed by atoms with Crippen molar-refractivity contribution in [3.05, 3.63) is 58.4 Å². The summed E-state index contributed by atoms with van der Waals surface area (Å²) in [6.07, 6.45) is 4.04. The number of carbonyl (C=O) groups is 1. The van der Waals surface area contributed by atoms with E-state index in [-0.39, 0.29) is 38.9 Å². The van der Waals surface area contributed by atoms with E-state index in [0.29, 0.717) is 25.0 Å². The Balaban J connectivity index is 1.61. The van der Waals surface area contributed by atoms with Crippen LogP contribution in [-0.4, -0.2) is 31.0 Å². The fourth-order valence-electron chi connectivity index (χ4n) is 5.08. The van der Waals surface area contributed by atoms with Crippen LogP contribution in [0.25, 0.3) is 0 Å². The Hall–Kier alpha value is -2.59. The van der Waals surface area contributed by atoms with Crippen LogP contribution in [0.2, 0.25) is 5.02 Å². The molecule has 11 heteroatoms. The van der Waals surface area contributed by atoms with E-state index in [1.54, 1.807) is 0 Å². The second-order valence-electron chi connectivity index (χ2n) is 8.46. The summed E-state index contributed by atoms with van der Waals surface area (Å²) >= 11 is 6.21. The summed E-state index contributed by atoms with van der Waals surface area (Å²) in [6, 6.07) is 4.95. The summed E-state index contributed by atoms with van der Waals surface area (Å²) in [5.41, 5.74) is -0.408. The second-order valence-corrected chi connectivity index (χ2v) is 10.9. The molecular formula is C22H20ClF3N2O4S. The molecule has 2 unspecified atom stereocenters. The van der Waals surface area contributed by atoms with Crippen LogP contribution in [-0.2, 0) is 9.84 Å². The Labute approximate surface area is 193 Å². The van der Waals surface area contributed by atoms with Gasteiger partial charge < -0.3 is 10.5 Å². The van der Waals surface area contributed by atoms with Crippen molar-refractivity contribution in [1.82, 2.24) is 0 Å². The van der Waals surface area contributed by atoms with Gasteiger partial charge in [0.15, 0.2) is 27.3 Å². The Kier molecular flexibility index (Phi) is 6.41. The molecule has 0 aliphatic heterocycles. The molecule has 0 heterocycles. The monoisotopic (exact) mass is 500 g/mol. The normalized spacial score (nSPS) is 24.8. The number of benzene rings is 2. The van der Waals surface area contributed by atoms with Crippen molar-refractivity contribution >= 4 is 39.2 Å². The minimum Gasteiger partial charge on any atom is -0.411 e. The van der Waals surface area contributed by atoms with E-state index in [2.05, 4.69) is 10.5 Å². The molecule has 0 spiro atoms. The maximum atomic E-state index is 13.6. The maximum absolute atomic E-state index is 13.6. The highest BCUT2D eigenvalue weighted by atomic mass is 35.5. The Morgan fingerprint density at radius 3 is 2.27 bits per heavy atom.